The third-order valence-corrected chi connectivity index (χ3v) is 2.65. The second-order valence-corrected chi connectivity index (χ2v) is 5.84. The van der Waals surface area contributed by atoms with E-state index >= 15 is 0 Å². The zero-order valence-electron chi connectivity index (χ0n) is 11.1. The molecular weight excluding hydrogens is 314 g/mol. The van der Waals surface area contributed by atoms with E-state index in [1.807, 2.05) is 0 Å². The lowest BCUT2D eigenvalue weighted by molar-refractivity contribution is 0.0519. The molecule has 19 heavy (non-hydrogen) atoms. The van der Waals surface area contributed by atoms with Gasteiger partial charge in [-0.2, -0.15) is 0 Å². The van der Waals surface area contributed by atoms with E-state index in [0.29, 0.717) is 16.9 Å². The van der Waals surface area contributed by atoms with Crippen LogP contribution in [0.15, 0.2) is 16.7 Å². The predicted octanol–water partition coefficient (Wildman–Crippen LogP) is 2.99. The molecular formula is C12H14BrN3O3. The molecule has 0 aliphatic carbocycles. The summed E-state index contributed by atoms with van der Waals surface area (Å²) in [6, 6.07) is 1.79. The molecule has 7 heteroatoms. The van der Waals surface area contributed by atoms with Crippen LogP contribution in [0, 0.1) is 0 Å². The molecule has 2 aromatic rings. The summed E-state index contributed by atoms with van der Waals surface area (Å²) in [5.41, 5.74) is -0.202. The number of aromatic nitrogens is 3. The van der Waals surface area contributed by atoms with Crippen LogP contribution in [-0.4, -0.2) is 33.6 Å². The molecule has 0 unspecified atom stereocenters. The van der Waals surface area contributed by atoms with Gasteiger partial charge in [-0.3, -0.25) is 0 Å². The maximum atomic E-state index is 12.1. The van der Waals surface area contributed by atoms with E-state index < -0.39 is 11.7 Å². The van der Waals surface area contributed by atoms with Crippen LogP contribution in [0.4, 0.5) is 4.79 Å². The summed E-state index contributed by atoms with van der Waals surface area (Å²) in [7, 11) is 1.49. The van der Waals surface area contributed by atoms with Crippen molar-refractivity contribution in [3.63, 3.8) is 0 Å². The number of pyridine rings is 1. The molecule has 0 saturated carbocycles. The molecule has 0 saturated heterocycles. The van der Waals surface area contributed by atoms with Crippen molar-refractivity contribution in [3.8, 4) is 5.88 Å². The highest BCUT2D eigenvalue weighted by molar-refractivity contribution is 9.10. The first kappa shape index (κ1) is 13.8. The average Bonchev–Trinajstić information content (AvgIpc) is 2.64. The van der Waals surface area contributed by atoms with Gasteiger partial charge in [-0.1, -0.05) is 0 Å². The Kier molecular flexibility index (Phi) is 3.49. The van der Waals surface area contributed by atoms with E-state index in [9.17, 15) is 4.79 Å². The van der Waals surface area contributed by atoms with Crippen LogP contribution in [0.5, 0.6) is 5.88 Å². The van der Waals surface area contributed by atoms with Crippen molar-refractivity contribution in [2.75, 3.05) is 7.11 Å². The number of ether oxygens (including phenoxy) is 2. The molecule has 0 spiro atoms. The SMILES string of the molecule is COc1nn(C(=O)OC(C)(C)C)c2ncc(Br)cc12. The Bertz CT molecular complexity index is 631. The van der Waals surface area contributed by atoms with Crippen molar-refractivity contribution in [3.05, 3.63) is 16.7 Å². The minimum absolute atomic E-state index is 0.328. The van der Waals surface area contributed by atoms with Gasteiger partial charge < -0.3 is 9.47 Å². The number of fused-ring (bicyclic) bond motifs is 1. The monoisotopic (exact) mass is 327 g/mol. The van der Waals surface area contributed by atoms with Gasteiger partial charge in [0.2, 0.25) is 5.88 Å². The number of halogens is 1. The molecule has 6 nitrogen and oxygen atoms in total. The van der Waals surface area contributed by atoms with Gasteiger partial charge in [-0.25, -0.2) is 9.78 Å². The first-order valence-corrected chi connectivity index (χ1v) is 6.43. The highest BCUT2D eigenvalue weighted by Gasteiger charge is 2.23. The fourth-order valence-electron chi connectivity index (χ4n) is 1.53. The summed E-state index contributed by atoms with van der Waals surface area (Å²) < 4.78 is 12.3. The minimum Gasteiger partial charge on any atom is -0.479 e. The lowest BCUT2D eigenvalue weighted by Gasteiger charge is -2.18. The Morgan fingerprint density at radius 1 is 1.42 bits per heavy atom. The average molecular weight is 328 g/mol. The number of nitrogens with zero attached hydrogens (tertiary/aromatic N) is 3. The fraction of sp³-hybridized carbons (Fsp3) is 0.417. The Labute approximate surface area is 118 Å². The van der Waals surface area contributed by atoms with Crippen LogP contribution in [0.3, 0.4) is 0 Å². The van der Waals surface area contributed by atoms with Crippen molar-refractivity contribution >= 4 is 33.1 Å². The van der Waals surface area contributed by atoms with E-state index in [0.717, 1.165) is 9.15 Å². The summed E-state index contributed by atoms with van der Waals surface area (Å²) in [4.78, 5) is 16.2. The van der Waals surface area contributed by atoms with Gasteiger partial charge in [0.25, 0.3) is 0 Å². The third kappa shape index (κ3) is 2.86. The first-order valence-electron chi connectivity index (χ1n) is 5.63. The van der Waals surface area contributed by atoms with E-state index in [2.05, 4.69) is 26.0 Å². The van der Waals surface area contributed by atoms with Crippen molar-refractivity contribution in [1.29, 1.82) is 0 Å². The number of carbonyl (C=O) groups is 1. The molecule has 0 aromatic carbocycles. The fourth-order valence-corrected chi connectivity index (χ4v) is 1.86. The Morgan fingerprint density at radius 3 is 2.68 bits per heavy atom. The van der Waals surface area contributed by atoms with Gasteiger partial charge >= 0.3 is 6.09 Å². The normalized spacial score (nSPS) is 11.6. The molecule has 0 radical (unpaired) electrons. The molecule has 0 bridgehead atoms. The number of hydrogen-bond acceptors (Lipinski definition) is 5. The Balaban J connectivity index is 2.52. The zero-order valence-corrected chi connectivity index (χ0v) is 12.7. The molecule has 2 heterocycles. The molecule has 0 fully saturated rings. The standard InChI is InChI=1S/C12H14BrN3O3/c1-12(2,3)19-11(17)16-9-8(10(15-16)18-4)5-7(13)6-14-9/h5-6H,1-4H3. The highest BCUT2D eigenvalue weighted by Crippen LogP contribution is 2.26. The Morgan fingerprint density at radius 2 is 2.11 bits per heavy atom. The largest absolute Gasteiger partial charge is 0.479 e. The van der Waals surface area contributed by atoms with Crippen LogP contribution in [0.1, 0.15) is 20.8 Å². The van der Waals surface area contributed by atoms with E-state index in [4.69, 9.17) is 9.47 Å². The molecule has 0 atom stereocenters. The number of carbonyl (C=O) groups excluding carboxylic acids is 1. The summed E-state index contributed by atoms with van der Waals surface area (Å²) >= 11 is 3.32. The lowest BCUT2D eigenvalue weighted by atomic mass is 10.2. The maximum absolute atomic E-state index is 12.1. The molecule has 2 rings (SSSR count). The number of hydrogen-bond donors (Lipinski definition) is 0. The molecule has 0 aliphatic heterocycles. The van der Waals surface area contributed by atoms with Crippen LogP contribution >= 0.6 is 15.9 Å². The molecule has 102 valence electrons. The summed E-state index contributed by atoms with van der Waals surface area (Å²) in [6.07, 6.45) is 1.00. The first-order chi connectivity index (χ1) is 8.81. The minimum atomic E-state index is -0.599. The zero-order chi connectivity index (χ0) is 14.2. The second-order valence-electron chi connectivity index (χ2n) is 4.93. The highest BCUT2D eigenvalue weighted by atomic mass is 79.9. The topological polar surface area (TPSA) is 66.2 Å². The molecule has 0 N–H and O–H groups in total. The molecule has 2 aromatic heterocycles. The smallest absolute Gasteiger partial charge is 0.437 e. The van der Waals surface area contributed by atoms with E-state index in [1.54, 1.807) is 33.0 Å². The van der Waals surface area contributed by atoms with Crippen LogP contribution in [0.2, 0.25) is 0 Å². The lowest BCUT2D eigenvalue weighted by Crippen LogP contribution is -2.27. The van der Waals surface area contributed by atoms with Gasteiger partial charge in [0.15, 0.2) is 5.65 Å². The second kappa shape index (κ2) is 4.80. The predicted molar refractivity (Wildman–Crippen MR) is 73.4 cm³/mol. The summed E-state index contributed by atoms with van der Waals surface area (Å²) in [5.74, 6) is 0.328. The van der Waals surface area contributed by atoms with Gasteiger partial charge in [0.1, 0.15) is 5.60 Å². The van der Waals surface area contributed by atoms with Gasteiger partial charge in [-0.15, -0.1) is 9.78 Å². The van der Waals surface area contributed by atoms with Crippen molar-refractivity contribution < 1.29 is 14.3 Å². The van der Waals surface area contributed by atoms with E-state index in [-0.39, 0.29) is 0 Å². The van der Waals surface area contributed by atoms with Crippen LogP contribution < -0.4 is 4.74 Å². The van der Waals surface area contributed by atoms with Gasteiger partial charge in [0.05, 0.1) is 12.5 Å². The van der Waals surface area contributed by atoms with Gasteiger partial charge in [0, 0.05) is 10.7 Å². The van der Waals surface area contributed by atoms with Crippen molar-refractivity contribution in [2.24, 2.45) is 0 Å². The van der Waals surface area contributed by atoms with E-state index in [1.165, 1.54) is 7.11 Å². The van der Waals surface area contributed by atoms with Crippen molar-refractivity contribution in [2.45, 2.75) is 26.4 Å². The number of methoxy groups -OCH3 is 1. The maximum Gasteiger partial charge on any atom is 0.437 e. The summed E-state index contributed by atoms with van der Waals surface area (Å²) in [5, 5.41) is 4.71. The van der Waals surface area contributed by atoms with Crippen LogP contribution in [0.25, 0.3) is 11.0 Å². The summed E-state index contributed by atoms with van der Waals surface area (Å²) in [6.45, 7) is 5.37. The quantitative estimate of drug-likeness (QED) is 0.805. The number of rotatable bonds is 1. The molecule has 0 aliphatic rings. The van der Waals surface area contributed by atoms with Crippen molar-refractivity contribution in [1.82, 2.24) is 14.8 Å². The third-order valence-electron chi connectivity index (χ3n) is 2.21. The Hall–Kier alpha value is -1.63. The van der Waals surface area contributed by atoms with Gasteiger partial charge in [-0.05, 0) is 42.8 Å². The van der Waals surface area contributed by atoms with Crippen LogP contribution in [-0.2, 0) is 4.74 Å². The molecule has 0 amide bonds.